The Kier molecular flexibility index (Phi) is 3.27. The highest BCUT2D eigenvalue weighted by atomic mass is 79.9. The van der Waals surface area contributed by atoms with E-state index in [2.05, 4.69) is 20.9 Å². The molecular weight excluding hydrogens is 251 g/mol. The number of aliphatic hydroxyl groups excluding tert-OH is 1. The first-order chi connectivity index (χ1) is 6.07. The lowest BCUT2D eigenvalue weighted by molar-refractivity contribution is 0.143. The molecule has 0 amide bonds. The van der Waals surface area contributed by atoms with Crippen molar-refractivity contribution < 1.29 is 18.3 Å². The predicted octanol–water partition coefficient (Wildman–Crippen LogP) is 2.41. The topological polar surface area (TPSA) is 33.1 Å². The van der Waals surface area contributed by atoms with Crippen molar-refractivity contribution >= 4 is 15.9 Å². The van der Waals surface area contributed by atoms with E-state index < -0.39 is 24.5 Å². The Morgan fingerprint density at radius 1 is 1.54 bits per heavy atom. The monoisotopic (exact) mass is 255 g/mol. The predicted molar refractivity (Wildman–Crippen MR) is 42.8 cm³/mol. The minimum absolute atomic E-state index is 0.127. The van der Waals surface area contributed by atoms with Gasteiger partial charge < -0.3 is 5.11 Å². The lowest BCUT2D eigenvalue weighted by atomic mass is 10.2. The summed E-state index contributed by atoms with van der Waals surface area (Å²) in [5, 5.41) is 8.68. The van der Waals surface area contributed by atoms with Gasteiger partial charge >= 0.3 is 0 Å². The Morgan fingerprint density at radius 2 is 2.15 bits per heavy atom. The van der Waals surface area contributed by atoms with Gasteiger partial charge in [-0.3, -0.25) is 0 Å². The van der Waals surface area contributed by atoms with E-state index in [0.29, 0.717) is 0 Å². The summed E-state index contributed by atoms with van der Waals surface area (Å²) >= 11 is 2.77. The van der Waals surface area contributed by atoms with Crippen LogP contribution in [0.2, 0.25) is 0 Å². The lowest BCUT2D eigenvalue weighted by Gasteiger charge is -2.07. The molecule has 0 aromatic carbocycles. The normalized spacial score (nSPS) is 10.9. The summed E-state index contributed by atoms with van der Waals surface area (Å²) in [6.07, 6.45) is -1.95. The summed E-state index contributed by atoms with van der Waals surface area (Å²) in [5.74, 6) is -1.22. The van der Waals surface area contributed by atoms with E-state index in [-0.39, 0.29) is 10.0 Å². The zero-order valence-corrected chi connectivity index (χ0v) is 7.85. The molecule has 0 atom stereocenters. The van der Waals surface area contributed by atoms with Gasteiger partial charge in [0.1, 0.15) is 0 Å². The fourth-order valence-corrected chi connectivity index (χ4v) is 1.38. The summed E-state index contributed by atoms with van der Waals surface area (Å²) in [4.78, 5) is 3.10. The first-order valence-electron chi connectivity index (χ1n) is 3.29. The fraction of sp³-hybridized carbons (Fsp3) is 0.286. The van der Waals surface area contributed by atoms with Gasteiger partial charge in [-0.05, 0) is 15.9 Å². The number of aromatic nitrogens is 1. The molecule has 1 aromatic rings. The van der Waals surface area contributed by atoms with E-state index in [1.165, 1.54) is 0 Å². The van der Waals surface area contributed by atoms with Crippen LogP contribution in [0, 0.1) is 5.95 Å². The molecule has 0 fully saturated rings. The van der Waals surface area contributed by atoms with E-state index in [1.807, 2.05) is 0 Å². The van der Waals surface area contributed by atoms with Crippen molar-refractivity contribution in [3.8, 4) is 0 Å². The van der Waals surface area contributed by atoms with Crippen molar-refractivity contribution in [3.05, 3.63) is 27.7 Å². The van der Waals surface area contributed by atoms with Crippen LogP contribution in [-0.2, 0) is 6.61 Å². The SMILES string of the molecule is OCc1cnc(F)c(C(F)F)c1Br. The maximum atomic E-state index is 12.7. The lowest BCUT2D eigenvalue weighted by Crippen LogP contribution is -2.00. The van der Waals surface area contributed by atoms with Crippen LogP contribution in [-0.4, -0.2) is 10.1 Å². The minimum Gasteiger partial charge on any atom is -0.392 e. The minimum atomic E-state index is -2.95. The third-order valence-corrected chi connectivity index (χ3v) is 2.40. The average molecular weight is 256 g/mol. The third kappa shape index (κ3) is 2.00. The van der Waals surface area contributed by atoms with Crippen LogP contribution >= 0.6 is 15.9 Å². The second-order valence-corrected chi connectivity index (χ2v) is 3.05. The highest BCUT2D eigenvalue weighted by Crippen LogP contribution is 2.31. The van der Waals surface area contributed by atoms with Gasteiger partial charge in [-0.15, -0.1) is 0 Å². The first kappa shape index (κ1) is 10.5. The smallest absolute Gasteiger partial charge is 0.269 e. The molecule has 0 unspecified atom stereocenters. The molecule has 0 aliphatic rings. The molecule has 0 saturated carbocycles. The number of pyridine rings is 1. The summed E-state index contributed by atoms with van der Waals surface area (Å²) < 4.78 is 37.0. The number of nitrogens with zero attached hydrogens (tertiary/aromatic N) is 1. The highest BCUT2D eigenvalue weighted by Gasteiger charge is 2.20. The zero-order chi connectivity index (χ0) is 10.0. The Balaban J connectivity index is 3.30. The molecule has 13 heavy (non-hydrogen) atoms. The second kappa shape index (κ2) is 4.06. The number of hydrogen-bond acceptors (Lipinski definition) is 2. The average Bonchev–Trinajstić information content (AvgIpc) is 2.04. The summed E-state index contributed by atoms with van der Waals surface area (Å²) in [6.45, 7) is -0.465. The molecule has 6 heteroatoms. The zero-order valence-electron chi connectivity index (χ0n) is 6.27. The Morgan fingerprint density at radius 3 is 2.62 bits per heavy atom. The van der Waals surface area contributed by atoms with E-state index >= 15 is 0 Å². The van der Waals surface area contributed by atoms with Crippen LogP contribution < -0.4 is 0 Å². The van der Waals surface area contributed by atoms with E-state index in [4.69, 9.17) is 5.11 Å². The molecule has 0 aliphatic heterocycles. The van der Waals surface area contributed by atoms with Crippen LogP contribution in [0.5, 0.6) is 0 Å². The Bertz CT molecular complexity index is 319. The van der Waals surface area contributed by atoms with Crippen molar-refractivity contribution in [3.63, 3.8) is 0 Å². The van der Waals surface area contributed by atoms with Crippen molar-refractivity contribution in [2.75, 3.05) is 0 Å². The molecule has 1 heterocycles. The number of halogens is 4. The number of alkyl halides is 2. The van der Waals surface area contributed by atoms with Crippen LogP contribution in [0.3, 0.4) is 0 Å². The van der Waals surface area contributed by atoms with Crippen LogP contribution in [0.1, 0.15) is 17.6 Å². The molecule has 1 rings (SSSR count). The Hall–Kier alpha value is -0.620. The van der Waals surface area contributed by atoms with Crippen molar-refractivity contribution in [2.24, 2.45) is 0 Å². The van der Waals surface area contributed by atoms with Gasteiger partial charge in [0.25, 0.3) is 6.43 Å². The third-order valence-electron chi connectivity index (χ3n) is 1.46. The maximum Gasteiger partial charge on any atom is 0.269 e. The number of hydrogen-bond donors (Lipinski definition) is 1. The molecule has 0 aliphatic carbocycles. The summed E-state index contributed by atoms with van der Waals surface area (Å²) in [5.41, 5.74) is -0.678. The van der Waals surface area contributed by atoms with E-state index in [1.54, 1.807) is 0 Å². The van der Waals surface area contributed by atoms with Gasteiger partial charge in [-0.25, -0.2) is 13.8 Å². The van der Waals surface area contributed by atoms with Crippen LogP contribution in [0.15, 0.2) is 10.7 Å². The molecule has 0 bridgehead atoms. The molecule has 72 valence electrons. The molecule has 0 spiro atoms. The van der Waals surface area contributed by atoms with Gasteiger partial charge in [0.15, 0.2) is 0 Å². The largest absolute Gasteiger partial charge is 0.392 e. The molecule has 0 saturated heterocycles. The highest BCUT2D eigenvalue weighted by molar-refractivity contribution is 9.10. The molecule has 1 N–H and O–H groups in total. The van der Waals surface area contributed by atoms with Gasteiger partial charge in [-0.1, -0.05) is 0 Å². The van der Waals surface area contributed by atoms with Gasteiger partial charge in [-0.2, -0.15) is 4.39 Å². The van der Waals surface area contributed by atoms with Crippen molar-refractivity contribution in [2.45, 2.75) is 13.0 Å². The van der Waals surface area contributed by atoms with E-state index in [9.17, 15) is 13.2 Å². The van der Waals surface area contributed by atoms with E-state index in [0.717, 1.165) is 6.20 Å². The summed E-state index contributed by atoms with van der Waals surface area (Å²) in [6, 6.07) is 0. The van der Waals surface area contributed by atoms with Gasteiger partial charge in [0.2, 0.25) is 5.95 Å². The second-order valence-electron chi connectivity index (χ2n) is 2.26. The van der Waals surface area contributed by atoms with Crippen LogP contribution in [0.4, 0.5) is 13.2 Å². The van der Waals surface area contributed by atoms with Gasteiger partial charge in [0, 0.05) is 16.2 Å². The summed E-state index contributed by atoms with van der Waals surface area (Å²) in [7, 11) is 0. The quantitative estimate of drug-likeness (QED) is 0.824. The number of rotatable bonds is 2. The first-order valence-corrected chi connectivity index (χ1v) is 4.09. The molecule has 0 radical (unpaired) electrons. The molecule has 1 aromatic heterocycles. The van der Waals surface area contributed by atoms with Crippen molar-refractivity contribution in [1.82, 2.24) is 4.98 Å². The fourth-order valence-electron chi connectivity index (χ4n) is 0.820. The Labute approximate surface area is 80.5 Å². The molecular formula is C7H5BrF3NO. The van der Waals surface area contributed by atoms with Gasteiger partial charge in [0.05, 0.1) is 12.2 Å². The van der Waals surface area contributed by atoms with Crippen molar-refractivity contribution in [1.29, 1.82) is 0 Å². The standard InChI is InChI=1S/C7H5BrF3NO/c8-5-3(2-13)1-12-7(11)4(5)6(9)10/h1,6,13H,2H2. The maximum absolute atomic E-state index is 12.7. The number of aliphatic hydroxyl groups is 1. The molecule has 2 nitrogen and oxygen atoms in total. The van der Waals surface area contributed by atoms with Crippen LogP contribution in [0.25, 0.3) is 0 Å².